The number of aromatic nitrogens is 2. The topological polar surface area (TPSA) is 66.9 Å². The van der Waals surface area contributed by atoms with Gasteiger partial charge in [0.15, 0.2) is 0 Å². The Bertz CT molecular complexity index is 697. The molecule has 0 bridgehead atoms. The van der Waals surface area contributed by atoms with Crippen molar-refractivity contribution in [2.45, 2.75) is 32.7 Å². The van der Waals surface area contributed by atoms with E-state index in [1.54, 1.807) is 6.20 Å². The minimum Gasteiger partial charge on any atom is -0.376 e. The van der Waals surface area contributed by atoms with Crippen molar-refractivity contribution >= 4 is 11.6 Å². The summed E-state index contributed by atoms with van der Waals surface area (Å²) < 4.78 is 0. The van der Waals surface area contributed by atoms with Crippen molar-refractivity contribution in [3.8, 4) is 11.3 Å². The van der Waals surface area contributed by atoms with E-state index in [-0.39, 0.29) is 18.5 Å². The molecule has 1 amide bonds. The summed E-state index contributed by atoms with van der Waals surface area (Å²) in [6.45, 7) is 4.23. The lowest BCUT2D eigenvalue weighted by atomic mass is 10.1. The summed E-state index contributed by atoms with van der Waals surface area (Å²) in [6.07, 6.45) is 4.22. The van der Waals surface area contributed by atoms with Crippen LogP contribution in [0, 0.1) is 12.8 Å². The van der Waals surface area contributed by atoms with Crippen molar-refractivity contribution in [1.29, 1.82) is 0 Å². The molecule has 120 valence electrons. The molecule has 0 spiro atoms. The summed E-state index contributed by atoms with van der Waals surface area (Å²) in [7, 11) is 0. The van der Waals surface area contributed by atoms with E-state index in [9.17, 15) is 4.79 Å². The Labute approximate surface area is 136 Å². The van der Waals surface area contributed by atoms with E-state index in [0.717, 1.165) is 22.8 Å². The largest absolute Gasteiger partial charge is 0.376 e. The summed E-state index contributed by atoms with van der Waals surface area (Å²) in [4.78, 5) is 20.5. The van der Waals surface area contributed by atoms with Gasteiger partial charge in [-0.25, -0.2) is 9.97 Å². The maximum atomic E-state index is 12.0. The third kappa shape index (κ3) is 4.28. The number of rotatable bonds is 6. The maximum absolute atomic E-state index is 12.0. The smallest absolute Gasteiger partial charge is 0.239 e. The van der Waals surface area contributed by atoms with Crippen molar-refractivity contribution in [2.75, 3.05) is 11.9 Å². The SMILES string of the molecule is Cc1nccc(-c2cccc(NCC(=O)N[C@@H](C)C3CC3)c2)n1. The number of hydrogen-bond donors (Lipinski definition) is 2. The minimum absolute atomic E-state index is 0.0349. The van der Waals surface area contributed by atoms with Crippen LogP contribution in [0.25, 0.3) is 11.3 Å². The summed E-state index contributed by atoms with van der Waals surface area (Å²) in [6, 6.07) is 10.1. The first-order valence-corrected chi connectivity index (χ1v) is 8.05. The summed E-state index contributed by atoms with van der Waals surface area (Å²) in [5.41, 5.74) is 2.80. The maximum Gasteiger partial charge on any atom is 0.239 e. The lowest BCUT2D eigenvalue weighted by molar-refractivity contribution is -0.120. The lowest BCUT2D eigenvalue weighted by Gasteiger charge is -2.14. The highest BCUT2D eigenvalue weighted by Gasteiger charge is 2.28. The number of aryl methyl sites for hydroxylation is 1. The molecule has 1 aliphatic carbocycles. The third-order valence-electron chi connectivity index (χ3n) is 4.11. The van der Waals surface area contributed by atoms with Gasteiger partial charge in [0.1, 0.15) is 5.82 Å². The zero-order valence-electron chi connectivity index (χ0n) is 13.5. The number of benzene rings is 1. The second kappa shape index (κ2) is 6.77. The molecule has 1 aromatic carbocycles. The highest BCUT2D eigenvalue weighted by molar-refractivity contribution is 5.81. The van der Waals surface area contributed by atoms with Crippen molar-refractivity contribution in [3.05, 3.63) is 42.4 Å². The van der Waals surface area contributed by atoms with Gasteiger partial charge in [-0.2, -0.15) is 0 Å². The monoisotopic (exact) mass is 310 g/mol. The Hall–Kier alpha value is -2.43. The Balaban J connectivity index is 1.60. The van der Waals surface area contributed by atoms with Crippen molar-refractivity contribution in [3.63, 3.8) is 0 Å². The number of carbonyl (C=O) groups is 1. The van der Waals surface area contributed by atoms with E-state index in [1.807, 2.05) is 37.3 Å². The van der Waals surface area contributed by atoms with Crippen LogP contribution in [0.5, 0.6) is 0 Å². The number of amides is 1. The number of nitrogens with zero attached hydrogens (tertiary/aromatic N) is 2. The highest BCUT2D eigenvalue weighted by atomic mass is 16.1. The van der Waals surface area contributed by atoms with Crippen LogP contribution in [0.2, 0.25) is 0 Å². The molecular formula is C18H22N4O. The average molecular weight is 310 g/mol. The first-order valence-electron chi connectivity index (χ1n) is 8.05. The number of anilines is 1. The van der Waals surface area contributed by atoms with Gasteiger partial charge in [-0.1, -0.05) is 12.1 Å². The van der Waals surface area contributed by atoms with Crippen LogP contribution >= 0.6 is 0 Å². The molecule has 23 heavy (non-hydrogen) atoms. The van der Waals surface area contributed by atoms with Gasteiger partial charge in [-0.15, -0.1) is 0 Å². The predicted octanol–water partition coefficient (Wildman–Crippen LogP) is 2.78. The van der Waals surface area contributed by atoms with Gasteiger partial charge < -0.3 is 10.6 Å². The molecule has 1 atom stereocenters. The van der Waals surface area contributed by atoms with Crippen LogP contribution in [0.15, 0.2) is 36.5 Å². The average Bonchev–Trinajstić information content (AvgIpc) is 3.38. The van der Waals surface area contributed by atoms with Gasteiger partial charge in [-0.05, 0) is 50.8 Å². The van der Waals surface area contributed by atoms with Gasteiger partial charge in [0.25, 0.3) is 0 Å². The van der Waals surface area contributed by atoms with E-state index < -0.39 is 0 Å². The normalized spacial score (nSPS) is 15.0. The minimum atomic E-state index is 0.0349. The van der Waals surface area contributed by atoms with Crippen LogP contribution in [0.4, 0.5) is 5.69 Å². The molecule has 1 aliphatic rings. The van der Waals surface area contributed by atoms with Gasteiger partial charge in [0.2, 0.25) is 5.91 Å². The van der Waals surface area contributed by atoms with Crippen LogP contribution in [-0.4, -0.2) is 28.5 Å². The molecule has 5 nitrogen and oxygen atoms in total. The number of nitrogens with one attached hydrogen (secondary N) is 2. The first-order chi connectivity index (χ1) is 11.1. The number of carbonyl (C=O) groups excluding carboxylic acids is 1. The molecule has 1 fully saturated rings. The Kier molecular flexibility index (Phi) is 4.55. The molecule has 3 rings (SSSR count). The molecule has 1 saturated carbocycles. The fourth-order valence-electron chi connectivity index (χ4n) is 2.61. The number of hydrogen-bond acceptors (Lipinski definition) is 4. The second-order valence-corrected chi connectivity index (χ2v) is 6.12. The van der Waals surface area contributed by atoms with Crippen LogP contribution < -0.4 is 10.6 Å². The van der Waals surface area contributed by atoms with E-state index in [4.69, 9.17) is 0 Å². The molecule has 0 aliphatic heterocycles. The van der Waals surface area contributed by atoms with E-state index >= 15 is 0 Å². The van der Waals surface area contributed by atoms with Crippen LogP contribution in [0.3, 0.4) is 0 Å². The van der Waals surface area contributed by atoms with E-state index in [1.165, 1.54) is 12.8 Å². The second-order valence-electron chi connectivity index (χ2n) is 6.12. The first kappa shape index (κ1) is 15.5. The quantitative estimate of drug-likeness (QED) is 0.861. The zero-order chi connectivity index (χ0) is 16.2. The molecule has 1 heterocycles. The fraction of sp³-hybridized carbons (Fsp3) is 0.389. The summed E-state index contributed by atoms with van der Waals surface area (Å²) >= 11 is 0. The lowest BCUT2D eigenvalue weighted by Crippen LogP contribution is -2.37. The molecule has 2 N–H and O–H groups in total. The molecule has 5 heteroatoms. The predicted molar refractivity (Wildman–Crippen MR) is 91.0 cm³/mol. The molecule has 2 aromatic rings. The zero-order valence-corrected chi connectivity index (χ0v) is 13.5. The van der Waals surface area contributed by atoms with E-state index in [0.29, 0.717) is 5.92 Å². The van der Waals surface area contributed by atoms with Gasteiger partial charge in [-0.3, -0.25) is 4.79 Å². The van der Waals surface area contributed by atoms with E-state index in [2.05, 4.69) is 27.5 Å². The fourth-order valence-corrected chi connectivity index (χ4v) is 2.61. The van der Waals surface area contributed by atoms with Crippen LogP contribution in [0.1, 0.15) is 25.6 Å². The Morgan fingerprint density at radius 1 is 1.35 bits per heavy atom. The Morgan fingerprint density at radius 2 is 2.17 bits per heavy atom. The van der Waals surface area contributed by atoms with Crippen molar-refractivity contribution < 1.29 is 4.79 Å². The van der Waals surface area contributed by atoms with Gasteiger partial charge >= 0.3 is 0 Å². The highest BCUT2D eigenvalue weighted by Crippen LogP contribution is 2.32. The molecule has 0 unspecified atom stereocenters. The summed E-state index contributed by atoms with van der Waals surface area (Å²) in [5, 5.41) is 6.22. The van der Waals surface area contributed by atoms with Gasteiger partial charge in [0.05, 0.1) is 12.2 Å². The molecular weight excluding hydrogens is 288 g/mol. The molecule has 0 saturated heterocycles. The summed E-state index contributed by atoms with van der Waals surface area (Å²) in [5.74, 6) is 1.45. The Morgan fingerprint density at radius 3 is 2.91 bits per heavy atom. The third-order valence-corrected chi connectivity index (χ3v) is 4.11. The standard InChI is InChI=1S/C18H22N4O/c1-12(14-6-7-14)21-18(23)11-20-16-5-3-4-15(10-16)17-8-9-19-13(2)22-17/h3-5,8-10,12,14,20H,6-7,11H2,1-2H3,(H,21,23)/t12-/m0/s1. The van der Waals surface area contributed by atoms with Crippen molar-refractivity contribution in [2.24, 2.45) is 5.92 Å². The molecule has 0 radical (unpaired) electrons. The van der Waals surface area contributed by atoms with Crippen molar-refractivity contribution in [1.82, 2.24) is 15.3 Å². The van der Waals surface area contributed by atoms with Gasteiger partial charge in [0, 0.05) is 23.5 Å². The van der Waals surface area contributed by atoms with Crippen LogP contribution in [-0.2, 0) is 4.79 Å². The molecule has 1 aromatic heterocycles.